The minimum atomic E-state index is -0.00880. The van der Waals surface area contributed by atoms with Crippen molar-refractivity contribution >= 4 is 11.7 Å². The van der Waals surface area contributed by atoms with Gasteiger partial charge in [-0.15, -0.1) is 0 Å². The van der Waals surface area contributed by atoms with Crippen LogP contribution in [-0.2, 0) is 0 Å². The van der Waals surface area contributed by atoms with Crippen LogP contribution in [0.2, 0.25) is 0 Å². The number of piperazine rings is 1. The average molecular weight is 321 g/mol. The number of carbonyl (C=O) groups excluding carboxylic acids is 1. The third-order valence-corrected chi connectivity index (χ3v) is 4.95. The highest BCUT2D eigenvalue weighted by Crippen LogP contribution is 2.33. The van der Waals surface area contributed by atoms with E-state index in [-0.39, 0.29) is 12.1 Å². The number of rotatable bonds is 3. The Morgan fingerprint density at radius 3 is 2.25 bits per heavy atom. The molecule has 4 nitrogen and oxygen atoms in total. The molecule has 0 radical (unpaired) electrons. The van der Waals surface area contributed by atoms with E-state index in [9.17, 15) is 4.79 Å². The van der Waals surface area contributed by atoms with Crippen molar-refractivity contribution in [2.75, 3.05) is 25.0 Å². The normalized spacial score (nSPS) is 21.5. The molecule has 1 aliphatic heterocycles. The van der Waals surface area contributed by atoms with Gasteiger partial charge in [0.1, 0.15) is 0 Å². The summed E-state index contributed by atoms with van der Waals surface area (Å²) >= 11 is 0. The highest BCUT2D eigenvalue weighted by atomic mass is 16.2. The van der Waals surface area contributed by atoms with Crippen LogP contribution in [0.3, 0.4) is 0 Å². The van der Waals surface area contributed by atoms with Crippen molar-refractivity contribution in [3.63, 3.8) is 0 Å². The Bertz CT molecular complexity index is 685. The highest BCUT2D eigenvalue weighted by molar-refractivity contribution is 5.89. The first-order chi connectivity index (χ1) is 11.8. The number of benzene rings is 2. The van der Waals surface area contributed by atoms with Gasteiger partial charge < -0.3 is 10.2 Å². The first-order valence-corrected chi connectivity index (χ1v) is 8.73. The molecular formula is C20H23N3O. The van der Waals surface area contributed by atoms with Crippen LogP contribution >= 0.6 is 0 Å². The number of hydrogen-bond acceptors (Lipinski definition) is 2. The van der Waals surface area contributed by atoms with Crippen molar-refractivity contribution < 1.29 is 4.79 Å². The third kappa shape index (κ3) is 3.29. The van der Waals surface area contributed by atoms with Gasteiger partial charge in [0.05, 0.1) is 6.04 Å². The predicted octanol–water partition coefficient (Wildman–Crippen LogP) is 3.74. The zero-order valence-corrected chi connectivity index (χ0v) is 13.8. The van der Waals surface area contributed by atoms with Crippen molar-refractivity contribution in [2.24, 2.45) is 0 Å². The summed E-state index contributed by atoms with van der Waals surface area (Å²) in [4.78, 5) is 17.4. The van der Waals surface area contributed by atoms with Gasteiger partial charge >= 0.3 is 6.03 Å². The third-order valence-electron chi connectivity index (χ3n) is 4.95. The number of urea groups is 1. The van der Waals surface area contributed by atoms with Crippen LogP contribution in [0.1, 0.15) is 24.4 Å². The molecule has 4 rings (SSSR count). The summed E-state index contributed by atoms with van der Waals surface area (Å²) in [6, 6.07) is 20.9. The van der Waals surface area contributed by atoms with E-state index in [0.717, 1.165) is 31.4 Å². The van der Waals surface area contributed by atoms with Gasteiger partial charge in [0.25, 0.3) is 0 Å². The van der Waals surface area contributed by atoms with Crippen LogP contribution in [0.5, 0.6) is 0 Å². The largest absolute Gasteiger partial charge is 0.322 e. The van der Waals surface area contributed by atoms with Gasteiger partial charge in [0.2, 0.25) is 0 Å². The molecule has 2 aliphatic rings. The number of hydrogen-bond donors (Lipinski definition) is 1. The zero-order valence-electron chi connectivity index (χ0n) is 13.8. The maximum Gasteiger partial charge on any atom is 0.322 e. The van der Waals surface area contributed by atoms with E-state index >= 15 is 0 Å². The fraction of sp³-hybridized carbons (Fsp3) is 0.350. The van der Waals surface area contributed by atoms with Crippen LogP contribution in [-0.4, -0.2) is 41.5 Å². The quantitative estimate of drug-likeness (QED) is 0.935. The summed E-state index contributed by atoms with van der Waals surface area (Å²) in [6.07, 6.45) is 2.61. The molecule has 1 N–H and O–H groups in total. The molecule has 1 saturated carbocycles. The predicted molar refractivity (Wildman–Crippen MR) is 95.9 cm³/mol. The molecule has 2 aromatic carbocycles. The second-order valence-corrected chi connectivity index (χ2v) is 6.64. The maximum atomic E-state index is 12.8. The summed E-state index contributed by atoms with van der Waals surface area (Å²) in [5.74, 6) is 0. The van der Waals surface area contributed by atoms with E-state index in [1.165, 1.54) is 18.4 Å². The van der Waals surface area contributed by atoms with E-state index < -0.39 is 0 Å². The minimum Gasteiger partial charge on any atom is -0.315 e. The molecular weight excluding hydrogens is 298 g/mol. The standard InChI is InChI=1S/C20H23N3O/c24-20(21-17-9-5-2-6-10-17)23-14-13-22(18-11-12-18)15-19(23)16-7-3-1-4-8-16/h1-10,18-19H,11-15H2,(H,21,24). The summed E-state index contributed by atoms with van der Waals surface area (Å²) < 4.78 is 0. The second-order valence-electron chi connectivity index (χ2n) is 6.64. The van der Waals surface area contributed by atoms with Gasteiger partial charge in [-0.05, 0) is 30.5 Å². The van der Waals surface area contributed by atoms with E-state index in [2.05, 4.69) is 34.5 Å². The Morgan fingerprint density at radius 1 is 0.917 bits per heavy atom. The first-order valence-electron chi connectivity index (χ1n) is 8.73. The summed E-state index contributed by atoms with van der Waals surface area (Å²) in [5, 5.41) is 3.04. The molecule has 0 spiro atoms. The molecule has 4 heteroatoms. The van der Waals surface area contributed by atoms with Gasteiger partial charge in [-0.2, -0.15) is 0 Å². The Kier molecular flexibility index (Phi) is 4.22. The van der Waals surface area contributed by atoms with Crippen LogP contribution in [0.25, 0.3) is 0 Å². The van der Waals surface area contributed by atoms with Crippen molar-refractivity contribution in [2.45, 2.75) is 24.9 Å². The van der Waals surface area contributed by atoms with Gasteiger partial charge in [-0.3, -0.25) is 4.90 Å². The SMILES string of the molecule is O=C(Nc1ccccc1)N1CCN(C2CC2)CC1c1ccccc1. The number of nitrogens with one attached hydrogen (secondary N) is 1. The summed E-state index contributed by atoms with van der Waals surface area (Å²) in [5.41, 5.74) is 2.06. The molecule has 124 valence electrons. The molecule has 0 aromatic heterocycles. The molecule has 1 heterocycles. The Labute approximate surface area is 143 Å². The Hall–Kier alpha value is -2.33. The van der Waals surface area contributed by atoms with E-state index in [0.29, 0.717) is 0 Å². The van der Waals surface area contributed by atoms with Crippen LogP contribution in [0.4, 0.5) is 10.5 Å². The molecule has 24 heavy (non-hydrogen) atoms. The van der Waals surface area contributed by atoms with E-state index in [4.69, 9.17) is 0 Å². The van der Waals surface area contributed by atoms with Crippen molar-refractivity contribution in [1.82, 2.24) is 9.80 Å². The van der Waals surface area contributed by atoms with Crippen LogP contribution in [0, 0.1) is 0 Å². The smallest absolute Gasteiger partial charge is 0.315 e. The zero-order chi connectivity index (χ0) is 16.4. The topological polar surface area (TPSA) is 35.6 Å². The molecule has 2 aromatic rings. The maximum absolute atomic E-state index is 12.8. The monoisotopic (exact) mass is 321 g/mol. The molecule has 2 amide bonds. The van der Waals surface area contributed by atoms with Crippen molar-refractivity contribution in [1.29, 1.82) is 0 Å². The lowest BCUT2D eigenvalue weighted by molar-refractivity contribution is 0.0954. The Morgan fingerprint density at radius 2 is 1.58 bits per heavy atom. The number of para-hydroxylation sites is 1. The Balaban J connectivity index is 1.54. The summed E-state index contributed by atoms with van der Waals surface area (Å²) in [6.45, 7) is 2.67. The van der Waals surface area contributed by atoms with Gasteiger partial charge in [0.15, 0.2) is 0 Å². The lowest BCUT2D eigenvalue weighted by Crippen LogP contribution is -2.52. The molecule has 1 atom stereocenters. The number of amides is 2. The fourth-order valence-electron chi connectivity index (χ4n) is 3.50. The highest BCUT2D eigenvalue weighted by Gasteiger charge is 2.37. The molecule has 1 aliphatic carbocycles. The lowest BCUT2D eigenvalue weighted by Gasteiger charge is -2.41. The molecule has 2 fully saturated rings. The average Bonchev–Trinajstić information content (AvgIpc) is 3.48. The van der Waals surface area contributed by atoms with Crippen LogP contribution in [0.15, 0.2) is 60.7 Å². The van der Waals surface area contributed by atoms with Gasteiger partial charge in [-0.1, -0.05) is 48.5 Å². The van der Waals surface area contributed by atoms with E-state index in [1.54, 1.807) is 0 Å². The molecule has 0 bridgehead atoms. The fourth-order valence-corrected chi connectivity index (χ4v) is 3.50. The molecule has 1 saturated heterocycles. The van der Waals surface area contributed by atoms with Gasteiger partial charge in [0, 0.05) is 31.4 Å². The second kappa shape index (κ2) is 6.65. The number of carbonyl (C=O) groups is 1. The molecule has 1 unspecified atom stereocenters. The first kappa shape index (κ1) is 15.2. The van der Waals surface area contributed by atoms with E-state index in [1.807, 2.05) is 41.3 Å². The van der Waals surface area contributed by atoms with Crippen LogP contribution < -0.4 is 5.32 Å². The number of anilines is 1. The van der Waals surface area contributed by atoms with Crippen molar-refractivity contribution in [3.05, 3.63) is 66.2 Å². The van der Waals surface area contributed by atoms with Crippen molar-refractivity contribution in [3.8, 4) is 0 Å². The number of nitrogens with zero attached hydrogens (tertiary/aromatic N) is 2. The lowest BCUT2D eigenvalue weighted by atomic mass is 10.0. The minimum absolute atomic E-state index is 0.00880. The van der Waals surface area contributed by atoms with Gasteiger partial charge in [-0.25, -0.2) is 4.79 Å². The summed E-state index contributed by atoms with van der Waals surface area (Å²) in [7, 11) is 0.